The van der Waals surface area contributed by atoms with Gasteiger partial charge in [0.15, 0.2) is 0 Å². The predicted molar refractivity (Wildman–Crippen MR) is 74.2 cm³/mol. The Bertz CT molecular complexity index is 733. The summed E-state index contributed by atoms with van der Waals surface area (Å²) in [6.45, 7) is 1.98. The smallest absolute Gasteiger partial charge is 0.109 e. The second-order valence-corrected chi connectivity index (χ2v) is 5.07. The van der Waals surface area contributed by atoms with Crippen LogP contribution >= 0.6 is 15.9 Å². The molecule has 0 aliphatic rings. The van der Waals surface area contributed by atoms with Gasteiger partial charge in [0.05, 0.1) is 17.4 Å². The molecule has 3 aromatic heterocycles. The Morgan fingerprint density at radius 2 is 2.06 bits per heavy atom. The van der Waals surface area contributed by atoms with Crippen molar-refractivity contribution in [2.45, 2.75) is 6.92 Å². The summed E-state index contributed by atoms with van der Waals surface area (Å²) in [4.78, 5) is 8.96. The lowest BCUT2D eigenvalue weighted by molar-refractivity contribution is 0.797. The van der Waals surface area contributed by atoms with E-state index >= 15 is 0 Å². The average molecular weight is 303 g/mol. The van der Waals surface area contributed by atoms with Crippen molar-refractivity contribution in [3.8, 4) is 11.3 Å². The van der Waals surface area contributed by atoms with Gasteiger partial charge >= 0.3 is 0 Å². The Morgan fingerprint density at radius 1 is 1.22 bits per heavy atom. The number of aryl methyl sites for hydroxylation is 2. The maximum atomic E-state index is 4.62. The summed E-state index contributed by atoms with van der Waals surface area (Å²) in [5, 5.41) is 4.20. The van der Waals surface area contributed by atoms with E-state index in [-0.39, 0.29) is 0 Å². The molecule has 0 aliphatic heterocycles. The number of aromatic nitrogens is 4. The first-order valence-electron chi connectivity index (χ1n) is 5.56. The van der Waals surface area contributed by atoms with Crippen molar-refractivity contribution in [3.63, 3.8) is 0 Å². The SMILES string of the molecule is Cc1ncc(Br)cc1-c1ccc2c(cnn2C)n1. The highest BCUT2D eigenvalue weighted by molar-refractivity contribution is 9.10. The zero-order chi connectivity index (χ0) is 12.7. The molecule has 0 saturated carbocycles. The summed E-state index contributed by atoms with van der Waals surface area (Å²) < 4.78 is 2.77. The molecule has 0 atom stereocenters. The van der Waals surface area contributed by atoms with Gasteiger partial charge in [-0.15, -0.1) is 0 Å². The summed E-state index contributed by atoms with van der Waals surface area (Å²) in [5.74, 6) is 0. The lowest BCUT2D eigenvalue weighted by Crippen LogP contribution is -1.92. The van der Waals surface area contributed by atoms with Crippen molar-refractivity contribution in [1.29, 1.82) is 0 Å². The standard InChI is InChI=1S/C13H11BrN4/c1-8-10(5-9(14)6-15-8)11-3-4-13-12(17-11)7-16-18(13)2/h3-7H,1-2H3. The van der Waals surface area contributed by atoms with Gasteiger partial charge in [-0.25, -0.2) is 4.98 Å². The molecular formula is C13H11BrN4. The van der Waals surface area contributed by atoms with Crippen molar-refractivity contribution < 1.29 is 0 Å². The van der Waals surface area contributed by atoms with Crippen LogP contribution in [0.15, 0.2) is 35.1 Å². The fraction of sp³-hybridized carbons (Fsp3) is 0.154. The number of hydrogen-bond donors (Lipinski definition) is 0. The molecule has 0 N–H and O–H groups in total. The van der Waals surface area contributed by atoms with E-state index in [1.165, 1.54) is 0 Å². The van der Waals surface area contributed by atoms with Crippen molar-refractivity contribution in [2.24, 2.45) is 7.05 Å². The second kappa shape index (κ2) is 4.17. The van der Waals surface area contributed by atoms with E-state index in [1.807, 2.05) is 36.9 Å². The van der Waals surface area contributed by atoms with E-state index in [9.17, 15) is 0 Å². The Morgan fingerprint density at radius 3 is 2.89 bits per heavy atom. The summed E-state index contributed by atoms with van der Waals surface area (Å²) in [7, 11) is 1.91. The quantitative estimate of drug-likeness (QED) is 0.694. The molecule has 0 spiro atoms. The number of nitrogens with zero attached hydrogens (tertiary/aromatic N) is 4. The number of pyridine rings is 2. The van der Waals surface area contributed by atoms with Gasteiger partial charge < -0.3 is 0 Å². The molecular weight excluding hydrogens is 292 g/mol. The lowest BCUT2D eigenvalue weighted by Gasteiger charge is -2.05. The van der Waals surface area contributed by atoms with Crippen LogP contribution in [0.3, 0.4) is 0 Å². The number of halogens is 1. The molecule has 3 aromatic rings. The van der Waals surface area contributed by atoms with Gasteiger partial charge in [-0.05, 0) is 41.1 Å². The normalized spacial score (nSPS) is 11.1. The minimum Gasteiger partial charge on any atom is -0.266 e. The van der Waals surface area contributed by atoms with E-state index in [4.69, 9.17) is 0 Å². The maximum Gasteiger partial charge on any atom is 0.109 e. The fourth-order valence-electron chi connectivity index (χ4n) is 1.96. The van der Waals surface area contributed by atoms with Gasteiger partial charge in [-0.3, -0.25) is 9.67 Å². The first-order chi connectivity index (χ1) is 8.65. The van der Waals surface area contributed by atoms with Crippen LogP contribution < -0.4 is 0 Å². The van der Waals surface area contributed by atoms with E-state index in [1.54, 1.807) is 12.4 Å². The van der Waals surface area contributed by atoms with Crippen LogP contribution in [-0.4, -0.2) is 19.7 Å². The van der Waals surface area contributed by atoms with Crippen LogP contribution in [0.4, 0.5) is 0 Å². The molecule has 0 amide bonds. The van der Waals surface area contributed by atoms with E-state index < -0.39 is 0 Å². The topological polar surface area (TPSA) is 43.6 Å². The monoisotopic (exact) mass is 302 g/mol. The molecule has 18 heavy (non-hydrogen) atoms. The molecule has 0 unspecified atom stereocenters. The van der Waals surface area contributed by atoms with E-state index in [0.717, 1.165) is 32.5 Å². The van der Waals surface area contributed by atoms with Crippen LogP contribution in [-0.2, 0) is 7.05 Å². The summed E-state index contributed by atoms with van der Waals surface area (Å²) in [5.41, 5.74) is 4.85. The minimum atomic E-state index is 0.898. The molecule has 0 aromatic carbocycles. The van der Waals surface area contributed by atoms with Crippen molar-refractivity contribution in [1.82, 2.24) is 19.7 Å². The molecule has 90 valence electrons. The third kappa shape index (κ3) is 1.80. The molecule has 0 fully saturated rings. The number of hydrogen-bond acceptors (Lipinski definition) is 3. The Hall–Kier alpha value is -1.75. The molecule has 3 heterocycles. The molecule has 3 rings (SSSR count). The highest BCUT2D eigenvalue weighted by atomic mass is 79.9. The van der Waals surface area contributed by atoms with Gasteiger partial charge in [0, 0.05) is 29.0 Å². The van der Waals surface area contributed by atoms with Crippen LogP contribution in [0.1, 0.15) is 5.69 Å². The zero-order valence-electron chi connectivity index (χ0n) is 10.1. The van der Waals surface area contributed by atoms with Gasteiger partial charge in [0.1, 0.15) is 5.52 Å². The largest absolute Gasteiger partial charge is 0.266 e. The van der Waals surface area contributed by atoms with Crippen LogP contribution in [0.5, 0.6) is 0 Å². The summed E-state index contributed by atoms with van der Waals surface area (Å²) in [6.07, 6.45) is 3.57. The van der Waals surface area contributed by atoms with Crippen LogP contribution in [0, 0.1) is 6.92 Å². The maximum absolute atomic E-state index is 4.62. The van der Waals surface area contributed by atoms with Crippen molar-refractivity contribution in [3.05, 3.63) is 40.8 Å². The average Bonchev–Trinajstić information content (AvgIpc) is 2.74. The number of fused-ring (bicyclic) bond motifs is 1. The molecule has 0 radical (unpaired) electrons. The molecule has 5 heteroatoms. The van der Waals surface area contributed by atoms with Gasteiger partial charge in [-0.1, -0.05) is 0 Å². The van der Waals surface area contributed by atoms with Gasteiger partial charge in [0.2, 0.25) is 0 Å². The van der Waals surface area contributed by atoms with E-state index in [0.29, 0.717) is 0 Å². The zero-order valence-corrected chi connectivity index (χ0v) is 11.6. The third-order valence-electron chi connectivity index (χ3n) is 2.93. The lowest BCUT2D eigenvalue weighted by atomic mass is 10.1. The number of rotatable bonds is 1. The Labute approximate surface area is 113 Å². The summed E-state index contributed by atoms with van der Waals surface area (Å²) in [6, 6.07) is 6.07. The fourth-order valence-corrected chi connectivity index (χ4v) is 2.29. The summed E-state index contributed by atoms with van der Waals surface area (Å²) >= 11 is 3.44. The molecule has 0 bridgehead atoms. The van der Waals surface area contributed by atoms with Crippen molar-refractivity contribution >= 4 is 27.0 Å². The first-order valence-corrected chi connectivity index (χ1v) is 6.36. The van der Waals surface area contributed by atoms with Crippen molar-refractivity contribution in [2.75, 3.05) is 0 Å². The Kier molecular flexibility index (Phi) is 2.63. The first kappa shape index (κ1) is 11.3. The highest BCUT2D eigenvalue weighted by Crippen LogP contribution is 2.25. The molecule has 0 aliphatic carbocycles. The Balaban J connectivity index is 2.22. The highest BCUT2D eigenvalue weighted by Gasteiger charge is 2.08. The minimum absolute atomic E-state index is 0.898. The van der Waals surface area contributed by atoms with Crippen LogP contribution in [0.2, 0.25) is 0 Å². The third-order valence-corrected chi connectivity index (χ3v) is 3.37. The second-order valence-electron chi connectivity index (χ2n) is 4.16. The van der Waals surface area contributed by atoms with E-state index in [2.05, 4.69) is 31.0 Å². The molecule has 4 nitrogen and oxygen atoms in total. The predicted octanol–water partition coefficient (Wildman–Crippen LogP) is 3.10. The van der Waals surface area contributed by atoms with Crippen LogP contribution in [0.25, 0.3) is 22.3 Å². The molecule has 0 saturated heterocycles. The van der Waals surface area contributed by atoms with Gasteiger partial charge in [-0.2, -0.15) is 5.10 Å². The van der Waals surface area contributed by atoms with Gasteiger partial charge in [0.25, 0.3) is 0 Å².